The summed E-state index contributed by atoms with van der Waals surface area (Å²) in [5.74, 6) is -2.14. The van der Waals surface area contributed by atoms with Crippen LogP contribution in [-0.4, -0.2) is 22.2 Å². The van der Waals surface area contributed by atoms with Crippen LogP contribution in [0.15, 0.2) is 17.5 Å². The Bertz CT molecular complexity index is 364. The van der Waals surface area contributed by atoms with Gasteiger partial charge in [-0.1, -0.05) is 0 Å². The molecule has 0 aromatic carbocycles. The van der Waals surface area contributed by atoms with Crippen LogP contribution in [0.2, 0.25) is 0 Å². The molecule has 0 unspecified atom stereocenters. The molecule has 13 heavy (non-hydrogen) atoms. The van der Waals surface area contributed by atoms with Crippen LogP contribution in [0.25, 0.3) is 6.08 Å². The fourth-order valence-electron chi connectivity index (χ4n) is 0.774. The zero-order valence-electron chi connectivity index (χ0n) is 6.43. The van der Waals surface area contributed by atoms with E-state index < -0.39 is 11.9 Å². The van der Waals surface area contributed by atoms with Crippen LogP contribution < -0.4 is 0 Å². The summed E-state index contributed by atoms with van der Waals surface area (Å²) >= 11 is 1.19. The Morgan fingerprint density at radius 1 is 1.38 bits per heavy atom. The minimum Gasteiger partial charge on any atom is -0.478 e. The van der Waals surface area contributed by atoms with Crippen molar-refractivity contribution in [1.82, 2.24) is 0 Å². The van der Waals surface area contributed by atoms with Crippen molar-refractivity contribution >= 4 is 29.4 Å². The molecule has 0 saturated heterocycles. The van der Waals surface area contributed by atoms with Crippen molar-refractivity contribution in [2.45, 2.75) is 0 Å². The molecular weight excluding hydrogens is 192 g/mol. The molecule has 0 bridgehead atoms. The predicted octanol–water partition coefficient (Wildman–Crippen LogP) is 1.54. The number of thiophene rings is 1. The molecule has 1 aromatic rings. The number of hydrogen-bond acceptors (Lipinski definition) is 3. The van der Waals surface area contributed by atoms with Gasteiger partial charge in [0, 0.05) is 11.0 Å². The van der Waals surface area contributed by atoms with Crippen molar-refractivity contribution in [1.29, 1.82) is 0 Å². The third-order valence-corrected chi connectivity index (χ3v) is 2.18. The molecule has 68 valence electrons. The summed E-state index contributed by atoms with van der Waals surface area (Å²) in [5, 5.41) is 18.6. The van der Waals surface area contributed by atoms with Gasteiger partial charge in [-0.3, -0.25) is 0 Å². The van der Waals surface area contributed by atoms with Crippen LogP contribution in [0.1, 0.15) is 15.2 Å². The number of aromatic carboxylic acids is 1. The zero-order chi connectivity index (χ0) is 9.84. The number of carbonyl (C=O) groups is 2. The lowest BCUT2D eigenvalue weighted by Crippen LogP contribution is -1.95. The van der Waals surface area contributed by atoms with E-state index in [1.54, 1.807) is 5.38 Å². The second-order valence-corrected chi connectivity index (χ2v) is 3.12. The van der Waals surface area contributed by atoms with Gasteiger partial charge in [0.25, 0.3) is 0 Å². The zero-order valence-corrected chi connectivity index (χ0v) is 7.25. The first-order valence-corrected chi connectivity index (χ1v) is 4.21. The fraction of sp³-hybridized carbons (Fsp3) is 0. The molecular formula is C8H6O4S. The molecule has 0 spiro atoms. The highest BCUT2D eigenvalue weighted by Crippen LogP contribution is 2.18. The van der Waals surface area contributed by atoms with E-state index in [9.17, 15) is 9.59 Å². The second kappa shape index (κ2) is 3.86. The number of carboxylic acids is 2. The van der Waals surface area contributed by atoms with Crippen molar-refractivity contribution in [3.63, 3.8) is 0 Å². The number of carboxylic acid groups (broad SMARTS) is 2. The third-order valence-electron chi connectivity index (χ3n) is 1.30. The smallest absolute Gasteiger partial charge is 0.337 e. The molecule has 2 N–H and O–H groups in total. The van der Waals surface area contributed by atoms with E-state index in [0.29, 0.717) is 4.88 Å². The van der Waals surface area contributed by atoms with Crippen LogP contribution in [0, 0.1) is 0 Å². The molecule has 0 saturated carbocycles. The summed E-state index contributed by atoms with van der Waals surface area (Å²) in [6.45, 7) is 0. The highest BCUT2D eigenvalue weighted by atomic mass is 32.1. The van der Waals surface area contributed by atoms with E-state index in [1.165, 1.54) is 23.5 Å². The Hall–Kier alpha value is -1.62. The average Bonchev–Trinajstić information content (AvgIpc) is 2.47. The van der Waals surface area contributed by atoms with Crippen molar-refractivity contribution in [2.24, 2.45) is 0 Å². The summed E-state index contributed by atoms with van der Waals surface area (Å²) in [7, 11) is 0. The Kier molecular flexibility index (Phi) is 2.81. The van der Waals surface area contributed by atoms with Gasteiger partial charge in [0.1, 0.15) is 0 Å². The molecule has 0 atom stereocenters. The normalized spacial score (nSPS) is 10.5. The molecule has 0 aliphatic heterocycles. The van der Waals surface area contributed by atoms with E-state index in [4.69, 9.17) is 10.2 Å². The maximum absolute atomic E-state index is 10.6. The van der Waals surface area contributed by atoms with Gasteiger partial charge in [-0.2, -0.15) is 0 Å². The van der Waals surface area contributed by atoms with Crippen molar-refractivity contribution < 1.29 is 19.8 Å². The van der Waals surface area contributed by atoms with Gasteiger partial charge in [-0.15, -0.1) is 11.3 Å². The molecule has 4 nitrogen and oxygen atoms in total. The summed E-state index contributed by atoms with van der Waals surface area (Å²) in [6.07, 6.45) is 2.19. The van der Waals surface area contributed by atoms with Gasteiger partial charge < -0.3 is 10.2 Å². The highest BCUT2D eigenvalue weighted by molar-refractivity contribution is 7.11. The van der Waals surface area contributed by atoms with Crippen LogP contribution in [0.4, 0.5) is 0 Å². The minimum absolute atomic E-state index is 0.127. The van der Waals surface area contributed by atoms with E-state index in [-0.39, 0.29) is 5.56 Å². The average molecular weight is 198 g/mol. The quantitative estimate of drug-likeness (QED) is 0.722. The van der Waals surface area contributed by atoms with Crippen molar-refractivity contribution in [3.8, 4) is 0 Å². The van der Waals surface area contributed by atoms with Gasteiger partial charge in [0.15, 0.2) is 0 Å². The standard InChI is InChI=1S/C8H6O4S/c9-7(10)2-1-6-5(8(11)12)3-4-13-6/h1-4H,(H,9,10)(H,11,12). The molecule has 0 radical (unpaired) electrons. The molecule has 1 rings (SSSR count). The van der Waals surface area contributed by atoms with Crippen molar-refractivity contribution in [2.75, 3.05) is 0 Å². The summed E-state index contributed by atoms with van der Waals surface area (Å²) < 4.78 is 0. The Morgan fingerprint density at radius 2 is 2.08 bits per heavy atom. The molecule has 0 amide bonds. The van der Waals surface area contributed by atoms with Crippen LogP contribution in [0.5, 0.6) is 0 Å². The first-order chi connectivity index (χ1) is 6.11. The first-order valence-electron chi connectivity index (χ1n) is 3.33. The van der Waals surface area contributed by atoms with E-state index in [2.05, 4.69) is 0 Å². The topological polar surface area (TPSA) is 74.6 Å². The fourth-order valence-corrected chi connectivity index (χ4v) is 1.55. The van der Waals surface area contributed by atoms with Crippen molar-refractivity contribution in [3.05, 3.63) is 28.0 Å². The predicted molar refractivity (Wildman–Crippen MR) is 47.9 cm³/mol. The molecule has 1 heterocycles. The third kappa shape index (κ3) is 2.41. The SMILES string of the molecule is O=C(O)C=Cc1sccc1C(=O)O. The lowest BCUT2D eigenvalue weighted by molar-refractivity contribution is -0.131. The number of aliphatic carboxylic acids is 1. The van der Waals surface area contributed by atoms with Gasteiger partial charge in [-0.25, -0.2) is 9.59 Å². The maximum atomic E-state index is 10.6. The van der Waals surface area contributed by atoms with Gasteiger partial charge in [-0.05, 0) is 17.5 Å². The van der Waals surface area contributed by atoms with Gasteiger partial charge in [0.2, 0.25) is 0 Å². The Morgan fingerprint density at radius 3 is 2.62 bits per heavy atom. The lowest BCUT2D eigenvalue weighted by Gasteiger charge is -1.89. The minimum atomic E-state index is -1.09. The molecule has 0 aliphatic carbocycles. The number of rotatable bonds is 3. The van der Waals surface area contributed by atoms with Crippen LogP contribution >= 0.6 is 11.3 Å². The Balaban J connectivity index is 2.95. The molecule has 5 heteroatoms. The lowest BCUT2D eigenvalue weighted by atomic mass is 10.2. The molecule has 1 aromatic heterocycles. The molecule has 0 aliphatic rings. The van der Waals surface area contributed by atoms with E-state index in [0.717, 1.165) is 6.08 Å². The van der Waals surface area contributed by atoms with Crippen LogP contribution in [-0.2, 0) is 4.79 Å². The summed E-state index contributed by atoms with van der Waals surface area (Å²) in [5.41, 5.74) is 0.127. The molecule has 0 fully saturated rings. The van der Waals surface area contributed by atoms with Gasteiger partial charge in [0.05, 0.1) is 5.56 Å². The summed E-state index contributed by atoms with van der Waals surface area (Å²) in [4.78, 5) is 21.1. The van der Waals surface area contributed by atoms with Gasteiger partial charge >= 0.3 is 11.9 Å². The summed E-state index contributed by atoms with van der Waals surface area (Å²) in [6, 6.07) is 1.44. The second-order valence-electron chi connectivity index (χ2n) is 2.18. The first kappa shape index (κ1) is 9.47. The monoisotopic (exact) mass is 198 g/mol. The maximum Gasteiger partial charge on any atom is 0.337 e. The highest BCUT2D eigenvalue weighted by Gasteiger charge is 2.08. The van der Waals surface area contributed by atoms with E-state index in [1.807, 2.05) is 0 Å². The van der Waals surface area contributed by atoms with E-state index >= 15 is 0 Å². The van der Waals surface area contributed by atoms with Crippen LogP contribution in [0.3, 0.4) is 0 Å². The Labute approximate surface area is 77.8 Å². The largest absolute Gasteiger partial charge is 0.478 e. The number of hydrogen-bond donors (Lipinski definition) is 2.